The standard InChI is InChI=1S/C19H23ClN8O/c1-18-9-27(15(29)4-5-21)10-19(18,2)12-28(11-18)16-14(20)7-22-17(25-16)24-13-6-23-26(3)8-13/h6-8H,4,9-12H2,1-3H3,(H,22,24,25)/t18-,19+. The van der Waals surface area contributed by atoms with E-state index in [0.29, 0.717) is 29.9 Å². The third-order valence-corrected chi connectivity index (χ3v) is 6.45. The fourth-order valence-corrected chi connectivity index (χ4v) is 4.63. The Morgan fingerprint density at radius 1 is 1.28 bits per heavy atom. The number of nitrogens with one attached hydrogen (secondary N) is 1. The number of amides is 1. The summed E-state index contributed by atoms with van der Waals surface area (Å²) in [6.07, 6.45) is 5.07. The van der Waals surface area contributed by atoms with E-state index >= 15 is 0 Å². The molecule has 1 N–H and O–H groups in total. The number of nitriles is 1. The average Bonchev–Trinajstić information content (AvgIpc) is 3.24. The summed E-state index contributed by atoms with van der Waals surface area (Å²) >= 11 is 6.44. The molecule has 2 atom stereocenters. The molecule has 1 amide bonds. The zero-order chi connectivity index (χ0) is 20.8. The minimum Gasteiger partial charge on any atom is -0.354 e. The molecule has 2 aromatic rings. The third-order valence-electron chi connectivity index (χ3n) is 6.19. The average molecular weight is 415 g/mol. The van der Waals surface area contributed by atoms with Crippen LogP contribution in [0.2, 0.25) is 5.02 Å². The molecule has 0 radical (unpaired) electrons. The molecule has 4 rings (SSSR count). The van der Waals surface area contributed by atoms with E-state index in [1.54, 1.807) is 17.1 Å². The van der Waals surface area contributed by atoms with Gasteiger partial charge in [-0.15, -0.1) is 0 Å². The number of anilines is 3. The van der Waals surface area contributed by atoms with Crippen molar-refractivity contribution in [1.29, 1.82) is 5.26 Å². The molecule has 2 aliphatic heterocycles. The Morgan fingerprint density at radius 2 is 1.97 bits per heavy atom. The van der Waals surface area contributed by atoms with Gasteiger partial charge < -0.3 is 15.1 Å². The summed E-state index contributed by atoms with van der Waals surface area (Å²) in [4.78, 5) is 25.1. The predicted octanol–water partition coefficient (Wildman–Crippen LogP) is 2.20. The summed E-state index contributed by atoms with van der Waals surface area (Å²) in [5, 5.41) is 16.6. The summed E-state index contributed by atoms with van der Waals surface area (Å²) in [7, 11) is 1.84. The summed E-state index contributed by atoms with van der Waals surface area (Å²) in [5.41, 5.74) is 0.580. The van der Waals surface area contributed by atoms with Crippen molar-refractivity contribution >= 4 is 35.0 Å². The van der Waals surface area contributed by atoms with Crippen molar-refractivity contribution in [3.63, 3.8) is 0 Å². The second-order valence-corrected chi connectivity index (χ2v) is 8.86. The Kier molecular flexibility index (Phi) is 4.62. The van der Waals surface area contributed by atoms with Gasteiger partial charge in [-0.25, -0.2) is 4.98 Å². The second-order valence-electron chi connectivity index (χ2n) is 8.45. The number of halogens is 1. The minimum absolute atomic E-state index is 0.0724. The predicted molar refractivity (Wildman–Crippen MR) is 109 cm³/mol. The van der Waals surface area contributed by atoms with Gasteiger partial charge in [0.25, 0.3) is 0 Å². The molecule has 9 nitrogen and oxygen atoms in total. The lowest BCUT2D eigenvalue weighted by Gasteiger charge is -2.29. The van der Waals surface area contributed by atoms with E-state index in [1.165, 1.54) is 0 Å². The number of likely N-dealkylation sites (tertiary alicyclic amines) is 1. The first-order valence-electron chi connectivity index (χ1n) is 9.41. The smallest absolute Gasteiger partial charge is 0.236 e. The number of carbonyl (C=O) groups excluding carboxylic acids is 1. The van der Waals surface area contributed by atoms with Gasteiger partial charge in [-0.3, -0.25) is 9.48 Å². The maximum atomic E-state index is 12.2. The van der Waals surface area contributed by atoms with Gasteiger partial charge in [-0.1, -0.05) is 25.4 Å². The SMILES string of the molecule is Cn1cc(Nc2ncc(Cl)c(N3C[C@]4(C)CN(C(=O)CC#N)C[C@]4(C)C3)n2)cn1. The van der Waals surface area contributed by atoms with Crippen molar-refractivity contribution in [3.05, 3.63) is 23.6 Å². The maximum absolute atomic E-state index is 12.2. The highest BCUT2D eigenvalue weighted by Gasteiger charge is 2.58. The maximum Gasteiger partial charge on any atom is 0.236 e. The van der Waals surface area contributed by atoms with E-state index in [1.807, 2.05) is 24.2 Å². The molecule has 2 aliphatic rings. The van der Waals surface area contributed by atoms with Crippen LogP contribution in [0, 0.1) is 22.2 Å². The normalized spacial score (nSPS) is 25.8. The molecular formula is C19H23ClN8O. The second kappa shape index (κ2) is 6.88. The fourth-order valence-electron chi connectivity index (χ4n) is 4.42. The largest absolute Gasteiger partial charge is 0.354 e. The highest BCUT2D eigenvalue weighted by atomic mass is 35.5. The molecule has 0 unspecified atom stereocenters. The Morgan fingerprint density at radius 3 is 2.55 bits per heavy atom. The van der Waals surface area contributed by atoms with Gasteiger partial charge >= 0.3 is 0 Å². The first-order chi connectivity index (χ1) is 13.7. The summed E-state index contributed by atoms with van der Waals surface area (Å²) in [6.45, 7) is 7.09. The third kappa shape index (κ3) is 3.38. The van der Waals surface area contributed by atoms with Gasteiger partial charge in [0.15, 0.2) is 5.82 Å². The molecule has 0 bridgehead atoms. The molecule has 4 heterocycles. The summed E-state index contributed by atoms with van der Waals surface area (Å²) < 4.78 is 1.70. The summed E-state index contributed by atoms with van der Waals surface area (Å²) in [6, 6.07) is 1.96. The van der Waals surface area contributed by atoms with Crippen LogP contribution in [0.25, 0.3) is 0 Å². The van der Waals surface area contributed by atoms with E-state index in [9.17, 15) is 4.79 Å². The van der Waals surface area contributed by atoms with Crippen LogP contribution in [0.5, 0.6) is 0 Å². The molecule has 2 aromatic heterocycles. The number of rotatable bonds is 4. The van der Waals surface area contributed by atoms with Crippen LogP contribution in [0.4, 0.5) is 17.5 Å². The van der Waals surface area contributed by atoms with Gasteiger partial charge in [-0.05, 0) is 0 Å². The molecular weight excluding hydrogens is 392 g/mol. The van der Waals surface area contributed by atoms with Crippen molar-refractivity contribution < 1.29 is 4.79 Å². The van der Waals surface area contributed by atoms with Crippen molar-refractivity contribution in [1.82, 2.24) is 24.6 Å². The van der Waals surface area contributed by atoms with Crippen LogP contribution in [0.15, 0.2) is 18.6 Å². The van der Waals surface area contributed by atoms with Crippen molar-refractivity contribution in [2.45, 2.75) is 20.3 Å². The van der Waals surface area contributed by atoms with E-state index in [4.69, 9.17) is 16.9 Å². The fraction of sp³-hybridized carbons (Fsp3) is 0.526. The number of nitrogens with zero attached hydrogens (tertiary/aromatic N) is 7. The van der Waals surface area contributed by atoms with Gasteiger partial charge in [0.1, 0.15) is 11.4 Å². The number of aromatic nitrogens is 4. The van der Waals surface area contributed by atoms with Gasteiger partial charge in [0, 0.05) is 50.3 Å². The molecule has 0 aliphatic carbocycles. The summed E-state index contributed by atoms with van der Waals surface area (Å²) in [5.74, 6) is 1.04. The first-order valence-corrected chi connectivity index (χ1v) is 9.79. The molecule has 2 saturated heterocycles. The topological polar surface area (TPSA) is 103 Å². The number of fused-ring (bicyclic) bond motifs is 1. The van der Waals surface area contributed by atoms with Crippen LogP contribution >= 0.6 is 11.6 Å². The van der Waals surface area contributed by atoms with Crippen LogP contribution in [-0.2, 0) is 11.8 Å². The van der Waals surface area contributed by atoms with E-state index in [-0.39, 0.29) is 23.2 Å². The number of hydrogen-bond acceptors (Lipinski definition) is 7. The molecule has 10 heteroatoms. The van der Waals surface area contributed by atoms with Crippen molar-refractivity contribution in [2.75, 3.05) is 36.4 Å². The Balaban J connectivity index is 1.54. The molecule has 0 aromatic carbocycles. The zero-order valence-electron chi connectivity index (χ0n) is 16.7. The lowest BCUT2D eigenvalue weighted by Crippen LogP contribution is -2.35. The van der Waals surface area contributed by atoms with Gasteiger partial charge in [0.2, 0.25) is 11.9 Å². The quantitative estimate of drug-likeness (QED) is 0.817. The van der Waals surface area contributed by atoms with E-state index < -0.39 is 0 Å². The molecule has 0 spiro atoms. The van der Waals surface area contributed by atoms with Crippen LogP contribution < -0.4 is 10.2 Å². The van der Waals surface area contributed by atoms with Crippen molar-refractivity contribution in [2.24, 2.45) is 17.9 Å². The zero-order valence-corrected chi connectivity index (χ0v) is 17.4. The number of hydrogen-bond donors (Lipinski definition) is 1. The highest BCUT2D eigenvalue weighted by molar-refractivity contribution is 6.32. The van der Waals surface area contributed by atoms with Crippen LogP contribution in [0.1, 0.15) is 20.3 Å². The lowest BCUT2D eigenvalue weighted by atomic mass is 9.71. The van der Waals surface area contributed by atoms with E-state index in [0.717, 1.165) is 18.8 Å². The minimum atomic E-state index is -0.108. The number of aryl methyl sites for hydroxylation is 1. The molecule has 2 fully saturated rings. The van der Waals surface area contributed by atoms with Crippen LogP contribution in [0.3, 0.4) is 0 Å². The lowest BCUT2D eigenvalue weighted by molar-refractivity contribution is -0.129. The Labute approximate surface area is 174 Å². The number of carbonyl (C=O) groups is 1. The Hall–Kier alpha value is -2.86. The van der Waals surface area contributed by atoms with Gasteiger partial charge in [-0.2, -0.15) is 15.3 Å². The van der Waals surface area contributed by atoms with E-state index in [2.05, 4.69) is 39.1 Å². The van der Waals surface area contributed by atoms with Crippen LogP contribution in [-0.4, -0.2) is 56.7 Å². The highest BCUT2D eigenvalue weighted by Crippen LogP contribution is 2.52. The Bertz CT molecular complexity index is 980. The van der Waals surface area contributed by atoms with Crippen molar-refractivity contribution in [3.8, 4) is 6.07 Å². The molecule has 0 saturated carbocycles. The van der Waals surface area contributed by atoms with Gasteiger partial charge in [0.05, 0.1) is 24.2 Å². The monoisotopic (exact) mass is 414 g/mol. The molecule has 29 heavy (non-hydrogen) atoms. The molecule has 152 valence electrons. The first kappa shape index (κ1) is 19.5.